The summed E-state index contributed by atoms with van der Waals surface area (Å²) in [6.45, 7) is 5.61. The number of piperidine rings is 1. The number of benzene rings is 2. The SMILES string of the molecule is COc1cc(N(CCC2CCN(CC(=O)O)CC2)C(C)=O)ccc1NC(=O)Nc1ccccc1C. The van der Waals surface area contributed by atoms with E-state index in [0.717, 1.165) is 43.6 Å². The fraction of sp³-hybridized carbons (Fsp3) is 0.423. The molecule has 1 aliphatic rings. The molecule has 1 saturated heterocycles. The molecule has 0 unspecified atom stereocenters. The van der Waals surface area contributed by atoms with Gasteiger partial charge in [0.25, 0.3) is 0 Å². The summed E-state index contributed by atoms with van der Waals surface area (Å²) in [4.78, 5) is 39.5. The first-order chi connectivity index (χ1) is 16.8. The number of carboxylic acids is 1. The topological polar surface area (TPSA) is 111 Å². The van der Waals surface area contributed by atoms with Crippen LogP contribution in [-0.4, -0.2) is 61.2 Å². The minimum atomic E-state index is -0.800. The second-order valence-electron chi connectivity index (χ2n) is 8.85. The summed E-state index contributed by atoms with van der Waals surface area (Å²) in [7, 11) is 1.52. The predicted molar refractivity (Wildman–Crippen MR) is 136 cm³/mol. The zero-order chi connectivity index (χ0) is 25.4. The van der Waals surface area contributed by atoms with E-state index in [1.165, 1.54) is 14.0 Å². The number of urea groups is 1. The zero-order valence-electron chi connectivity index (χ0n) is 20.5. The van der Waals surface area contributed by atoms with Crippen LogP contribution in [0.15, 0.2) is 42.5 Å². The molecule has 0 radical (unpaired) electrons. The second-order valence-corrected chi connectivity index (χ2v) is 8.85. The predicted octanol–water partition coefficient (Wildman–Crippen LogP) is 4.19. The first kappa shape index (κ1) is 26.0. The monoisotopic (exact) mass is 482 g/mol. The molecule has 9 nitrogen and oxygen atoms in total. The van der Waals surface area contributed by atoms with Crippen molar-refractivity contribution in [2.75, 3.05) is 48.8 Å². The quantitative estimate of drug-likeness (QED) is 0.494. The zero-order valence-corrected chi connectivity index (χ0v) is 20.5. The molecule has 3 amide bonds. The Morgan fingerprint density at radius 3 is 2.40 bits per heavy atom. The minimum Gasteiger partial charge on any atom is -0.494 e. The van der Waals surface area contributed by atoms with Crippen LogP contribution < -0.4 is 20.3 Å². The number of para-hydroxylation sites is 1. The molecule has 3 rings (SSSR count). The summed E-state index contributed by atoms with van der Waals surface area (Å²) >= 11 is 0. The van der Waals surface area contributed by atoms with Crippen molar-refractivity contribution in [3.63, 3.8) is 0 Å². The number of nitrogens with one attached hydrogen (secondary N) is 2. The highest BCUT2D eigenvalue weighted by Crippen LogP contribution is 2.31. The lowest BCUT2D eigenvalue weighted by Gasteiger charge is -2.32. The van der Waals surface area contributed by atoms with E-state index in [9.17, 15) is 14.4 Å². The summed E-state index contributed by atoms with van der Waals surface area (Å²) in [6.07, 6.45) is 2.67. The molecular formula is C26H34N4O5. The van der Waals surface area contributed by atoms with Gasteiger partial charge in [-0.2, -0.15) is 0 Å². The number of likely N-dealkylation sites (tertiary alicyclic amines) is 1. The number of carbonyl (C=O) groups excluding carboxylic acids is 2. The highest BCUT2D eigenvalue weighted by atomic mass is 16.5. The van der Waals surface area contributed by atoms with Gasteiger partial charge in [0, 0.05) is 30.9 Å². The summed E-state index contributed by atoms with van der Waals surface area (Å²) in [6, 6.07) is 12.4. The van der Waals surface area contributed by atoms with E-state index in [0.29, 0.717) is 29.6 Å². The van der Waals surface area contributed by atoms with E-state index >= 15 is 0 Å². The van der Waals surface area contributed by atoms with Crippen molar-refractivity contribution < 1.29 is 24.2 Å². The van der Waals surface area contributed by atoms with Crippen LogP contribution in [0.25, 0.3) is 0 Å². The van der Waals surface area contributed by atoms with E-state index < -0.39 is 5.97 Å². The van der Waals surface area contributed by atoms with Crippen molar-refractivity contribution >= 4 is 35.0 Å². The number of rotatable bonds is 9. The normalized spacial score (nSPS) is 14.3. The van der Waals surface area contributed by atoms with Crippen molar-refractivity contribution in [2.45, 2.75) is 33.1 Å². The van der Waals surface area contributed by atoms with E-state index in [1.807, 2.05) is 36.1 Å². The molecule has 1 heterocycles. The number of methoxy groups -OCH3 is 1. The van der Waals surface area contributed by atoms with Crippen molar-refractivity contribution in [3.8, 4) is 5.75 Å². The summed E-state index contributed by atoms with van der Waals surface area (Å²) in [5.74, 6) is 0.0182. The first-order valence-electron chi connectivity index (χ1n) is 11.8. The number of aliphatic carboxylic acids is 1. The standard InChI is InChI=1S/C26H34N4O5/c1-18-6-4-5-7-22(18)27-26(34)28-23-9-8-21(16-24(23)35-3)30(19(2)31)15-12-20-10-13-29(14-11-20)17-25(32)33/h4-9,16,20H,10-15,17H2,1-3H3,(H,32,33)(H2,27,28,34). The van der Waals surface area contributed by atoms with Gasteiger partial charge in [0.2, 0.25) is 5.91 Å². The van der Waals surface area contributed by atoms with E-state index in [2.05, 4.69) is 10.6 Å². The van der Waals surface area contributed by atoms with Crippen LogP contribution in [0.5, 0.6) is 5.75 Å². The number of anilines is 3. The Bertz CT molecular complexity index is 1050. The molecule has 35 heavy (non-hydrogen) atoms. The van der Waals surface area contributed by atoms with Gasteiger partial charge in [0.05, 0.1) is 19.3 Å². The number of carbonyl (C=O) groups is 3. The van der Waals surface area contributed by atoms with Gasteiger partial charge >= 0.3 is 12.0 Å². The number of carboxylic acid groups (broad SMARTS) is 1. The van der Waals surface area contributed by atoms with Gasteiger partial charge in [-0.3, -0.25) is 14.5 Å². The molecule has 1 aliphatic heterocycles. The third-order valence-corrected chi connectivity index (χ3v) is 6.35. The Labute approximate surface area is 206 Å². The van der Waals surface area contributed by atoms with Crippen molar-refractivity contribution in [2.24, 2.45) is 5.92 Å². The molecule has 0 bridgehead atoms. The number of ether oxygens (including phenoxy) is 1. The molecule has 0 spiro atoms. The van der Waals surface area contributed by atoms with Gasteiger partial charge in [-0.15, -0.1) is 0 Å². The van der Waals surface area contributed by atoms with Gasteiger partial charge in [-0.1, -0.05) is 18.2 Å². The molecule has 188 valence electrons. The highest BCUT2D eigenvalue weighted by molar-refractivity contribution is 6.01. The maximum Gasteiger partial charge on any atom is 0.323 e. The summed E-state index contributed by atoms with van der Waals surface area (Å²) < 4.78 is 5.49. The van der Waals surface area contributed by atoms with Crippen LogP contribution in [0.3, 0.4) is 0 Å². The van der Waals surface area contributed by atoms with Gasteiger partial charge in [0.15, 0.2) is 0 Å². The van der Waals surface area contributed by atoms with Crippen LogP contribution in [0.1, 0.15) is 31.7 Å². The first-order valence-corrected chi connectivity index (χ1v) is 11.8. The maximum absolute atomic E-state index is 12.5. The Hall–Kier alpha value is -3.59. The fourth-order valence-corrected chi connectivity index (χ4v) is 4.34. The molecule has 2 aromatic carbocycles. The molecule has 2 aromatic rings. The Morgan fingerprint density at radius 1 is 1.09 bits per heavy atom. The third-order valence-electron chi connectivity index (χ3n) is 6.35. The van der Waals surface area contributed by atoms with E-state index in [4.69, 9.17) is 9.84 Å². The fourth-order valence-electron chi connectivity index (χ4n) is 4.34. The van der Waals surface area contributed by atoms with Crippen LogP contribution >= 0.6 is 0 Å². The smallest absolute Gasteiger partial charge is 0.323 e. The molecular weight excluding hydrogens is 448 g/mol. The van der Waals surface area contributed by atoms with Crippen LogP contribution in [0.2, 0.25) is 0 Å². The number of hydrogen-bond acceptors (Lipinski definition) is 5. The molecule has 0 atom stereocenters. The van der Waals surface area contributed by atoms with Crippen molar-refractivity contribution in [1.82, 2.24) is 4.90 Å². The number of amides is 3. The Balaban J connectivity index is 1.62. The van der Waals surface area contributed by atoms with E-state index in [1.54, 1.807) is 23.1 Å². The minimum absolute atomic E-state index is 0.0756. The molecule has 0 saturated carbocycles. The van der Waals surface area contributed by atoms with Gasteiger partial charge in [0.1, 0.15) is 5.75 Å². The molecule has 0 aliphatic carbocycles. The van der Waals surface area contributed by atoms with Gasteiger partial charge in [-0.05, 0) is 69.0 Å². The number of aryl methyl sites for hydroxylation is 1. The molecule has 3 N–H and O–H groups in total. The summed E-state index contributed by atoms with van der Waals surface area (Å²) in [5.41, 5.74) is 2.87. The van der Waals surface area contributed by atoms with Crippen LogP contribution in [0, 0.1) is 12.8 Å². The lowest BCUT2D eigenvalue weighted by molar-refractivity contribution is -0.138. The average Bonchev–Trinajstić information content (AvgIpc) is 2.82. The molecule has 9 heteroatoms. The molecule has 0 aromatic heterocycles. The van der Waals surface area contributed by atoms with Gasteiger partial charge in [-0.25, -0.2) is 4.79 Å². The van der Waals surface area contributed by atoms with Crippen molar-refractivity contribution in [3.05, 3.63) is 48.0 Å². The summed E-state index contributed by atoms with van der Waals surface area (Å²) in [5, 5.41) is 14.6. The lowest BCUT2D eigenvalue weighted by atomic mass is 9.93. The molecule has 1 fully saturated rings. The lowest BCUT2D eigenvalue weighted by Crippen LogP contribution is -2.38. The average molecular weight is 483 g/mol. The Kier molecular flexibility index (Phi) is 9.08. The Morgan fingerprint density at radius 2 is 1.77 bits per heavy atom. The van der Waals surface area contributed by atoms with E-state index in [-0.39, 0.29) is 18.5 Å². The van der Waals surface area contributed by atoms with Crippen LogP contribution in [-0.2, 0) is 9.59 Å². The second kappa shape index (κ2) is 12.2. The third kappa shape index (κ3) is 7.45. The van der Waals surface area contributed by atoms with Crippen molar-refractivity contribution in [1.29, 1.82) is 0 Å². The van der Waals surface area contributed by atoms with Gasteiger partial charge < -0.3 is 25.4 Å². The van der Waals surface area contributed by atoms with Crippen LogP contribution in [0.4, 0.5) is 21.9 Å². The number of hydrogen-bond donors (Lipinski definition) is 3. The number of nitrogens with zero attached hydrogens (tertiary/aromatic N) is 2. The highest BCUT2D eigenvalue weighted by Gasteiger charge is 2.22. The largest absolute Gasteiger partial charge is 0.494 e. The maximum atomic E-state index is 12.5.